The summed E-state index contributed by atoms with van der Waals surface area (Å²) in [6.45, 7) is 5.95. The molecule has 0 unspecified atom stereocenters. The fourth-order valence-corrected chi connectivity index (χ4v) is 2.58. The second-order valence-electron chi connectivity index (χ2n) is 4.79. The van der Waals surface area contributed by atoms with Crippen molar-refractivity contribution in [3.63, 3.8) is 0 Å². The fraction of sp³-hybridized carbons (Fsp3) is 0.750. The van der Waals surface area contributed by atoms with E-state index in [0.717, 1.165) is 58.2 Å². The Hall–Kier alpha value is -1.07. The van der Waals surface area contributed by atoms with E-state index in [1.165, 1.54) is 5.69 Å². The summed E-state index contributed by atoms with van der Waals surface area (Å²) in [6.07, 6.45) is 4.24. The quantitative estimate of drug-likeness (QED) is 0.794. The number of piperazine rings is 1. The molecule has 2 aliphatic rings. The molecule has 2 saturated heterocycles. The van der Waals surface area contributed by atoms with Gasteiger partial charge in [0.25, 0.3) is 0 Å². The molecule has 0 aromatic carbocycles. The third-order valence-electron chi connectivity index (χ3n) is 3.66. The lowest BCUT2D eigenvalue weighted by Gasteiger charge is -2.27. The molecule has 5 nitrogen and oxygen atoms in total. The molecule has 3 heterocycles. The molecule has 0 saturated carbocycles. The van der Waals surface area contributed by atoms with Crippen LogP contribution >= 0.6 is 0 Å². The van der Waals surface area contributed by atoms with Crippen LogP contribution in [0.3, 0.4) is 0 Å². The normalized spacial score (nSPS) is 22.9. The smallest absolute Gasteiger partial charge is 0.203 e. The van der Waals surface area contributed by atoms with E-state index in [4.69, 9.17) is 4.74 Å². The summed E-state index contributed by atoms with van der Waals surface area (Å²) in [5.41, 5.74) is 1.28. The number of nitrogens with zero attached hydrogens (tertiary/aromatic N) is 2. The summed E-state index contributed by atoms with van der Waals surface area (Å²) in [6, 6.07) is 0. The van der Waals surface area contributed by atoms with E-state index in [9.17, 15) is 0 Å². The van der Waals surface area contributed by atoms with Crippen LogP contribution in [0.4, 0.5) is 5.95 Å². The highest BCUT2D eigenvalue weighted by atomic mass is 16.5. The van der Waals surface area contributed by atoms with Gasteiger partial charge in [-0.3, -0.25) is 0 Å². The third-order valence-corrected chi connectivity index (χ3v) is 3.66. The number of nitrogens with one attached hydrogen (secondary N) is 2. The minimum absolute atomic E-state index is 0.605. The second kappa shape index (κ2) is 5.06. The summed E-state index contributed by atoms with van der Waals surface area (Å²) in [4.78, 5) is 10.3. The standard InChI is InChI=1S/C12H20N4O/c1-7-17-8-2-10(1)11-9-14-12(15-11)16-5-3-13-4-6-16/h9-10,13H,1-8H2,(H,14,15). The molecule has 2 aliphatic heterocycles. The molecule has 3 rings (SSSR count). The van der Waals surface area contributed by atoms with Crippen LogP contribution in [0.15, 0.2) is 6.20 Å². The number of imidazole rings is 1. The molecule has 94 valence electrons. The lowest BCUT2D eigenvalue weighted by atomic mass is 9.97. The van der Waals surface area contributed by atoms with Crippen molar-refractivity contribution in [1.82, 2.24) is 15.3 Å². The van der Waals surface area contributed by atoms with E-state index in [1.54, 1.807) is 0 Å². The average Bonchev–Trinajstić information content (AvgIpc) is 2.90. The average molecular weight is 236 g/mol. The van der Waals surface area contributed by atoms with Crippen LogP contribution in [0.1, 0.15) is 24.5 Å². The summed E-state index contributed by atoms with van der Waals surface area (Å²) in [5.74, 6) is 1.64. The van der Waals surface area contributed by atoms with Crippen LogP contribution in [0.2, 0.25) is 0 Å². The van der Waals surface area contributed by atoms with Crippen LogP contribution < -0.4 is 10.2 Å². The molecule has 2 fully saturated rings. The van der Waals surface area contributed by atoms with Gasteiger partial charge in [-0.25, -0.2) is 4.98 Å². The molecule has 1 aromatic rings. The third kappa shape index (κ3) is 2.45. The van der Waals surface area contributed by atoms with Crippen molar-refractivity contribution in [2.45, 2.75) is 18.8 Å². The summed E-state index contributed by atoms with van der Waals surface area (Å²) < 4.78 is 5.39. The number of ether oxygens (including phenoxy) is 1. The first-order chi connectivity index (χ1) is 8.43. The van der Waals surface area contributed by atoms with Crippen molar-refractivity contribution in [2.24, 2.45) is 0 Å². The molecule has 0 spiro atoms. The number of hydrogen-bond acceptors (Lipinski definition) is 4. The highest BCUT2D eigenvalue weighted by Gasteiger charge is 2.20. The van der Waals surface area contributed by atoms with Gasteiger partial charge >= 0.3 is 0 Å². The molecular formula is C12H20N4O. The Morgan fingerprint density at radius 2 is 2.00 bits per heavy atom. The van der Waals surface area contributed by atoms with Gasteiger partial charge in [-0.05, 0) is 12.8 Å². The van der Waals surface area contributed by atoms with Crippen LogP contribution in [0, 0.1) is 0 Å². The molecule has 5 heteroatoms. The first-order valence-electron chi connectivity index (χ1n) is 6.52. The molecule has 1 aromatic heterocycles. The Morgan fingerprint density at radius 3 is 2.76 bits per heavy atom. The molecule has 0 amide bonds. The number of anilines is 1. The molecule has 0 atom stereocenters. The SMILES string of the molecule is c1nc(N2CCNCC2)[nH]c1C1CCOCC1. The van der Waals surface area contributed by atoms with Crippen molar-refractivity contribution in [2.75, 3.05) is 44.3 Å². The van der Waals surface area contributed by atoms with Crippen LogP contribution in [-0.2, 0) is 4.74 Å². The molecule has 2 N–H and O–H groups in total. The Labute approximate surface area is 102 Å². The Kier molecular flexibility index (Phi) is 3.29. The number of H-pyrrole nitrogens is 1. The zero-order valence-electron chi connectivity index (χ0n) is 10.1. The molecule has 0 radical (unpaired) electrons. The molecule has 0 bridgehead atoms. The maximum Gasteiger partial charge on any atom is 0.203 e. The van der Waals surface area contributed by atoms with E-state index in [-0.39, 0.29) is 0 Å². The Balaban J connectivity index is 1.68. The maximum absolute atomic E-state index is 5.39. The second-order valence-corrected chi connectivity index (χ2v) is 4.79. The largest absolute Gasteiger partial charge is 0.381 e. The first-order valence-corrected chi connectivity index (χ1v) is 6.52. The maximum atomic E-state index is 5.39. The predicted octanol–water partition coefficient (Wildman–Crippen LogP) is 0.713. The van der Waals surface area contributed by atoms with Gasteiger partial charge in [0.2, 0.25) is 5.95 Å². The number of aromatic amines is 1. The van der Waals surface area contributed by atoms with E-state index < -0.39 is 0 Å². The van der Waals surface area contributed by atoms with Gasteiger partial charge in [0.15, 0.2) is 0 Å². The van der Waals surface area contributed by atoms with Crippen LogP contribution in [0.5, 0.6) is 0 Å². The number of aromatic nitrogens is 2. The number of rotatable bonds is 2. The van der Waals surface area contributed by atoms with Crippen molar-refractivity contribution < 1.29 is 4.74 Å². The molecular weight excluding hydrogens is 216 g/mol. The fourth-order valence-electron chi connectivity index (χ4n) is 2.58. The van der Waals surface area contributed by atoms with E-state index in [0.29, 0.717) is 5.92 Å². The highest BCUT2D eigenvalue weighted by Crippen LogP contribution is 2.26. The zero-order chi connectivity index (χ0) is 11.5. The summed E-state index contributed by atoms with van der Waals surface area (Å²) >= 11 is 0. The van der Waals surface area contributed by atoms with Crippen molar-refractivity contribution in [3.05, 3.63) is 11.9 Å². The van der Waals surface area contributed by atoms with Crippen molar-refractivity contribution in [3.8, 4) is 0 Å². The van der Waals surface area contributed by atoms with Gasteiger partial charge in [0, 0.05) is 51.0 Å². The van der Waals surface area contributed by atoms with Gasteiger partial charge in [-0.1, -0.05) is 0 Å². The van der Waals surface area contributed by atoms with Gasteiger partial charge in [-0.15, -0.1) is 0 Å². The molecule has 17 heavy (non-hydrogen) atoms. The predicted molar refractivity (Wildman–Crippen MR) is 66.5 cm³/mol. The lowest BCUT2D eigenvalue weighted by molar-refractivity contribution is 0.0846. The monoisotopic (exact) mass is 236 g/mol. The Morgan fingerprint density at radius 1 is 1.24 bits per heavy atom. The van der Waals surface area contributed by atoms with E-state index in [1.807, 2.05) is 6.20 Å². The lowest BCUT2D eigenvalue weighted by Crippen LogP contribution is -2.44. The minimum Gasteiger partial charge on any atom is -0.381 e. The first kappa shape index (κ1) is 11.0. The topological polar surface area (TPSA) is 53.2 Å². The number of hydrogen-bond donors (Lipinski definition) is 2. The van der Waals surface area contributed by atoms with Gasteiger partial charge < -0.3 is 19.9 Å². The van der Waals surface area contributed by atoms with E-state index >= 15 is 0 Å². The van der Waals surface area contributed by atoms with Crippen LogP contribution in [-0.4, -0.2) is 49.4 Å². The summed E-state index contributed by atoms with van der Waals surface area (Å²) in [5, 5.41) is 3.35. The zero-order valence-corrected chi connectivity index (χ0v) is 10.1. The molecule has 0 aliphatic carbocycles. The van der Waals surface area contributed by atoms with Gasteiger partial charge in [0.1, 0.15) is 0 Å². The van der Waals surface area contributed by atoms with Crippen LogP contribution in [0.25, 0.3) is 0 Å². The summed E-state index contributed by atoms with van der Waals surface area (Å²) in [7, 11) is 0. The van der Waals surface area contributed by atoms with E-state index in [2.05, 4.69) is 20.2 Å². The van der Waals surface area contributed by atoms with Gasteiger partial charge in [0.05, 0.1) is 6.20 Å². The van der Waals surface area contributed by atoms with Crippen molar-refractivity contribution >= 4 is 5.95 Å². The van der Waals surface area contributed by atoms with Gasteiger partial charge in [-0.2, -0.15) is 0 Å². The highest BCUT2D eigenvalue weighted by molar-refractivity contribution is 5.33. The Bertz CT molecular complexity index is 321. The minimum atomic E-state index is 0.605. The van der Waals surface area contributed by atoms with Crippen molar-refractivity contribution in [1.29, 1.82) is 0 Å².